The first-order chi connectivity index (χ1) is 44.3. The number of nitrogens with one attached hydrogen (secondary N) is 3. The minimum Gasteiger partial charge on any atom is -0.510 e. The van der Waals surface area contributed by atoms with Gasteiger partial charge >= 0.3 is 37.8 Å². The van der Waals surface area contributed by atoms with Gasteiger partial charge in [-0.15, -0.1) is 0 Å². The number of ketones is 1. The molecule has 11 unspecified atom stereocenters. The number of methoxy groups -OCH3 is 1. The molecule has 95 heavy (non-hydrogen) atoms. The monoisotopic (exact) mass is 1380 g/mol. The third kappa shape index (κ3) is 19.0. The second-order valence-corrected chi connectivity index (χ2v) is 26.3. The number of amides is 5. The zero-order valence-corrected chi connectivity index (χ0v) is 56.2. The average molecular weight is 1380 g/mol. The summed E-state index contributed by atoms with van der Waals surface area (Å²) in [5.41, 5.74) is 8.21. The minimum absolute atomic E-state index is 0.0204. The topological polar surface area (TPSA) is 493 Å². The van der Waals surface area contributed by atoms with Gasteiger partial charge in [0, 0.05) is 78.2 Å². The van der Waals surface area contributed by atoms with Crippen molar-refractivity contribution in [1.82, 2.24) is 16.0 Å². The number of phosphoric acid groups is 1. The lowest BCUT2D eigenvalue weighted by atomic mass is 9.82. The van der Waals surface area contributed by atoms with Crippen molar-refractivity contribution in [3.8, 4) is 0 Å². The van der Waals surface area contributed by atoms with E-state index < -0.39 is 238 Å². The third-order valence-electron chi connectivity index (χ3n) is 17.6. The lowest BCUT2D eigenvalue weighted by molar-refractivity contribution is -0.367. The Labute approximate surface area is 547 Å². The van der Waals surface area contributed by atoms with Crippen LogP contribution in [0.3, 0.4) is 0 Å². The van der Waals surface area contributed by atoms with Crippen LogP contribution in [0.1, 0.15) is 103 Å². The Morgan fingerprint density at radius 1 is 0.642 bits per heavy atom. The largest absolute Gasteiger partial charge is 0.510 e. The number of ether oxygens (including phenoxy) is 14. The van der Waals surface area contributed by atoms with Gasteiger partial charge in [0.15, 0.2) is 73.9 Å². The van der Waals surface area contributed by atoms with Gasteiger partial charge in [-0.2, -0.15) is 0 Å². The van der Waals surface area contributed by atoms with Gasteiger partial charge < -0.3 is 109 Å². The molecule has 5 heterocycles. The highest BCUT2D eigenvalue weighted by Crippen LogP contribution is 2.53. The number of nitrogens with two attached hydrogens (primary N) is 2. The molecule has 5 saturated heterocycles. The fraction of sp³-hybridized carbons (Fsp3) is 0.793. The summed E-state index contributed by atoms with van der Waals surface area (Å²) in [7, 11) is -3.44. The van der Waals surface area contributed by atoms with E-state index in [2.05, 4.69) is 20.7 Å². The van der Waals surface area contributed by atoms with Gasteiger partial charge in [-0.05, 0) is 25.7 Å². The van der Waals surface area contributed by atoms with E-state index in [4.69, 9.17) is 86.6 Å². The number of hydrogen-bond acceptors (Lipinski definition) is 31. The van der Waals surface area contributed by atoms with Crippen LogP contribution in [0.25, 0.3) is 0 Å². The van der Waals surface area contributed by atoms with Crippen molar-refractivity contribution in [2.24, 2.45) is 47.0 Å². The van der Waals surface area contributed by atoms with Gasteiger partial charge in [0.25, 0.3) is 5.91 Å². The molecular weight excluding hydrogens is 1290 g/mol. The van der Waals surface area contributed by atoms with Crippen molar-refractivity contribution in [3.63, 3.8) is 0 Å². The summed E-state index contributed by atoms with van der Waals surface area (Å²) in [6.45, 7) is 16.4. The van der Waals surface area contributed by atoms with Crippen LogP contribution < -0.4 is 27.4 Å². The standard InChI is InChI=1S/C58H90N5O31P/c1-21-22(2)44(84-31(11)67)54(86-36(21)19-80-30(10)66)81-20-37-42(89-52-38(61-28(8)64)25(5)41(27(7)83-52)88-55-45(85-32(12)68)24(4)23(3)43(90-55)50(73)63-40-33(69)16-17-34(40)70)26(6)39(62-29(9)65)53(87-37)91-46-47(93-57(60)75)58(13,76)48(49(59)72)92-56(46)94-95(77,79-15)82-18-35(71)51(74)78-14/h21-27,35-39,41-48,52-56,69,71,76H,16-20H2,1-15H3,(H2,59,72)(H2,60,75)(H,61,64)(H,62,65)(H,63,73)/t21-,22-,23+,24-,25+,26+,27?,35+,36?,37?,38?,39?,41-,42-,43?,44?,45?,46?,47+,48?,52-,53-,54+,55+,56+,58-,95?/m0/s1. The van der Waals surface area contributed by atoms with Crippen LogP contribution >= 0.6 is 7.82 Å². The van der Waals surface area contributed by atoms with Crippen molar-refractivity contribution in [2.75, 3.05) is 34.0 Å². The van der Waals surface area contributed by atoms with Crippen molar-refractivity contribution in [3.05, 3.63) is 11.5 Å². The Hall–Kier alpha value is -6.09. The zero-order chi connectivity index (χ0) is 71.0. The number of phosphoric ester groups is 1. The molecule has 0 aromatic heterocycles. The normalized spacial score (nSPS) is 38.3. The first-order valence-electron chi connectivity index (χ1n) is 30.7. The second kappa shape index (κ2) is 33.0. The maximum atomic E-state index is 14.3. The lowest BCUT2D eigenvalue weighted by Gasteiger charge is -2.52. The first kappa shape index (κ1) is 77.9. The van der Waals surface area contributed by atoms with Gasteiger partial charge in [-0.25, -0.2) is 14.2 Å². The molecular formula is C58H90N5O31P. The van der Waals surface area contributed by atoms with Crippen LogP contribution in [0.15, 0.2) is 11.5 Å². The summed E-state index contributed by atoms with van der Waals surface area (Å²) >= 11 is 0. The van der Waals surface area contributed by atoms with E-state index in [1.807, 2.05) is 0 Å². The Bertz CT molecular complexity index is 2880. The van der Waals surface area contributed by atoms with Crippen molar-refractivity contribution < 1.29 is 148 Å². The van der Waals surface area contributed by atoms with Crippen LogP contribution in [-0.2, 0) is 128 Å². The molecule has 5 amide bonds. The number of aliphatic hydroxyl groups excluding tert-OH is 2. The van der Waals surface area contributed by atoms with E-state index >= 15 is 0 Å². The average Bonchev–Trinajstić information content (AvgIpc) is 1.12. The summed E-state index contributed by atoms with van der Waals surface area (Å²) in [6.07, 6.45) is -28.9. The van der Waals surface area contributed by atoms with E-state index in [9.17, 15) is 67.8 Å². The van der Waals surface area contributed by atoms with E-state index in [1.54, 1.807) is 41.5 Å². The number of aliphatic hydroxyl groups is 3. The quantitative estimate of drug-likeness (QED) is 0.0302. The van der Waals surface area contributed by atoms with E-state index in [0.717, 1.165) is 35.0 Å². The number of primary amides is 2. The zero-order valence-electron chi connectivity index (χ0n) is 55.3. The fourth-order valence-corrected chi connectivity index (χ4v) is 13.2. The van der Waals surface area contributed by atoms with Crippen molar-refractivity contribution >= 4 is 67.2 Å². The molecule has 0 saturated carbocycles. The summed E-state index contributed by atoms with van der Waals surface area (Å²) in [4.78, 5) is 129. The molecule has 0 aromatic rings. The second-order valence-electron chi connectivity index (χ2n) is 24.6. The number of allylic oxidation sites excluding steroid dienone is 2. The molecule has 0 spiro atoms. The number of rotatable bonds is 26. The summed E-state index contributed by atoms with van der Waals surface area (Å²) < 4.78 is 116. The van der Waals surface area contributed by atoms with Crippen LogP contribution in [0.2, 0.25) is 0 Å². The van der Waals surface area contributed by atoms with Crippen molar-refractivity contribution in [2.45, 2.75) is 225 Å². The first-order valence-corrected chi connectivity index (χ1v) is 32.2. The summed E-state index contributed by atoms with van der Waals surface area (Å²) in [5.74, 6) is -12.0. The predicted molar refractivity (Wildman–Crippen MR) is 313 cm³/mol. The third-order valence-corrected chi connectivity index (χ3v) is 19.0. The Morgan fingerprint density at radius 3 is 1.72 bits per heavy atom. The SMILES string of the molecule is COC(=O)[C@H](O)COP(=O)(OC)O[C@H]1OC(C(N)=O)[C@@](C)(O)[C@H](OC(N)=O)C1O[C@@H]1OC(CO[C@@H]2OC(COC(C)=O)[C@@H](C)[C@H](C)C2OC(C)=O)[C@@H](O[C@@H]2OC(C)[C@@H](O[C@@H]3OC(C(=O)NC4=C(O)CCC4=O)[C@H](C)[C@H](C)C3OC(C)=O)[C@H](C)C2NC(C)=O)[C@H](C)C1NC(C)=O. The van der Waals surface area contributed by atoms with Gasteiger partial charge in [0.1, 0.15) is 35.9 Å². The molecule has 37 heteroatoms. The Balaban J connectivity index is 1.44. The number of carbonyl (C=O) groups excluding carboxylic acids is 10. The van der Waals surface area contributed by atoms with Gasteiger partial charge in [-0.1, -0.05) is 41.5 Å². The molecule has 10 N–H and O–H groups in total. The van der Waals surface area contributed by atoms with E-state index in [0.29, 0.717) is 0 Å². The molecule has 5 fully saturated rings. The van der Waals surface area contributed by atoms with Crippen molar-refractivity contribution in [1.29, 1.82) is 0 Å². The van der Waals surface area contributed by atoms with Gasteiger partial charge in [0.2, 0.25) is 17.7 Å². The Kier molecular flexibility index (Phi) is 27.0. The fourth-order valence-electron chi connectivity index (χ4n) is 12.2. The maximum absolute atomic E-state index is 14.3. The van der Waals surface area contributed by atoms with E-state index in [-0.39, 0.29) is 30.9 Å². The van der Waals surface area contributed by atoms with Gasteiger partial charge in [-0.3, -0.25) is 51.9 Å². The highest BCUT2D eigenvalue weighted by Gasteiger charge is 2.62. The molecule has 36 nitrogen and oxygen atoms in total. The summed E-state index contributed by atoms with van der Waals surface area (Å²) in [6, 6.07) is -2.70. The molecule has 27 atom stereocenters. The molecule has 0 aromatic carbocycles. The maximum Gasteiger partial charge on any atom is 0.477 e. The predicted octanol–water partition coefficient (Wildman–Crippen LogP) is -0.674. The molecule has 0 bridgehead atoms. The molecule has 6 rings (SSSR count). The number of hydrogen-bond donors (Lipinski definition) is 8. The molecule has 538 valence electrons. The summed E-state index contributed by atoms with van der Waals surface area (Å²) in [5, 5.41) is 40.9. The van der Waals surface area contributed by atoms with Gasteiger partial charge in [0.05, 0.1) is 56.8 Å². The van der Waals surface area contributed by atoms with Crippen LogP contribution in [0, 0.1) is 35.5 Å². The number of carbonyl (C=O) groups is 10. The molecule has 6 aliphatic rings. The smallest absolute Gasteiger partial charge is 0.477 e. The number of Topliss-reactive ketones (excluding diaryl/α,β-unsaturated/α-hetero) is 1. The van der Waals surface area contributed by atoms with E-state index in [1.165, 1.54) is 27.7 Å². The molecule has 5 aliphatic heterocycles. The minimum atomic E-state index is -5.18. The van der Waals surface area contributed by atoms with Crippen LogP contribution in [0.4, 0.5) is 4.79 Å². The van der Waals surface area contributed by atoms with Crippen LogP contribution in [-0.4, -0.2) is 231 Å². The molecule has 1 aliphatic carbocycles. The highest BCUT2D eigenvalue weighted by atomic mass is 31.2. The number of esters is 4. The van der Waals surface area contributed by atoms with Crippen LogP contribution in [0.5, 0.6) is 0 Å². The molecule has 0 radical (unpaired) electrons. The Morgan fingerprint density at radius 2 is 1.19 bits per heavy atom. The lowest BCUT2D eigenvalue weighted by Crippen LogP contribution is -2.71. The highest BCUT2D eigenvalue weighted by molar-refractivity contribution is 7.48.